The van der Waals surface area contributed by atoms with Crippen molar-refractivity contribution >= 4 is 0 Å². The van der Waals surface area contributed by atoms with Gasteiger partial charge in [-0.1, -0.05) is 82.1 Å². The second-order valence-corrected chi connectivity index (χ2v) is 8.63. The van der Waals surface area contributed by atoms with E-state index in [1.165, 1.54) is 89.9 Å². The molecule has 0 nitrogen and oxygen atoms in total. The Labute approximate surface area is 138 Å². The fourth-order valence-electron chi connectivity index (χ4n) is 5.05. The van der Waals surface area contributed by atoms with Gasteiger partial charge in [0.25, 0.3) is 0 Å². The SMILES string of the molecule is CC1CCCCCCCC2CC[C@@]3(C=CC(=CC3)CCC1)C2. The molecule has 0 aliphatic heterocycles. The quantitative estimate of drug-likeness (QED) is 0.443. The highest BCUT2D eigenvalue weighted by Gasteiger charge is 2.36. The summed E-state index contributed by atoms with van der Waals surface area (Å²) in [5.74, 6) is 1.96. The van der Waals surface area contributed by atoms with Crippen LogP contribution in [0, 0.1) is 17.3 Å². The van der Waals surface area contributed by atoms with Crippen LogP contribution in [0.1, 0.15) is 96.8 Å². The van der Waals surface area contributed by atoms with Crippen LogP contribution in [0.2, 0.25) is 0 Å². The fraction of sp³-hybridized carbons (Fsp3) is 0.818. The van der Waals surface area contributed by atoms with Crippen LogP contribution < -0.4 is 0 Å². The standard InChI is InChI=1S/C22H36/c1-19-8-5-3-2-4-6-10-21-14-17-22(18-21)15-12-20(13-16-22)11-7-9-19/h12-13,15,19,21H,2-11,14,16-18H2,1H3/t19?,21?,22-/m0/s1. The van der Waals surface area contributed by atoms with E-state index in [-0.39, 0.29) is 0 Å². The maximum atomic E-state index is 2.61. The largest absolute Gasteiger partial charge is 0.0805 e. The molecule has 0 radical (unpaired) electrons. The molecule has 0 aromatic heterocycles. The van der Waals surface area contributed by atoms with E-state index < -0.39 is 0 Å². The van der Waals surface area contributed by atoms with E-state index in [9.17, 15) is 0 Å². The summed E-state index contributed by atoms with van der Waals surface area (Å²) in [6, 6.07) is 0. The lowest BCUT2D eigenvalue weighted by Gasteiger charge is -2.28. The minimum absolute atomic E-state index is 0.565. The van der Waals surface area contributed by atoms with Gasteiger partial charge in [-0.05, 0) is 55.8 Å². The van der Waals surface area contributed by atoms with Gasteiger partial charge in [0.1, 0.15) is 0 Å². The van der Waals surface area contributed by atoms with E-state index in [0.717, 1.165) is 11.8 Å². The molecule has 0 heteroatoms. The van der Waals surface area contributed by atoms with Crippen LogP contribution in [-0.4, -0.2) is 0 Å². The van der Waals surface area contributed by atoms with E-state index in [0.29, 0.717) is 5.41 Å². The summed E-state index contributed by atoms with van der Waals surface area (Å²) in [6.07, 6.45) is 28.0. The summed E-state index contributed by atoms with van der Waals surface area (Å²) in [4.78, 5) is 0. The molecule has 22 heavy (non-hydrogen) atoms. The maximum absolute atomic E-state index is 2.61. The lowest BCUT2D eigenvalue weighted by Crippen LogP contribution is -2.15. The third kappa shape index (κ3) is 4.49. The highest BCUT2D eigenvalue weighted by molar-refractivity contribution is 5.27. The van der Waals surface area contributed by atoms with Gasteiger partial charge in [0.2, 0.25) is 0 Å². The molecule has 1 fully saturated rings. The highest BCUT2D eigenvalue weighted by atomic mass is 14.4. The average Bonchev–Trinajstić information content (AvgIpc) is 2.91. The molecule has 1 saturated carbocycles. The second kappa shape index (κ2) is 7.84. The zero-order valence-electron chi connectivity index (χ0n) is 14.8. The van der Waals surface area contributed by atoms with Crippen molar-refractivity contribution in [3.05, 3.63) is 23.8 Å². The van der Waals surface area contributed by atoms with Crippen LogP contribution in [0.3, 0.4) is 0 Å². The summed E-state index contributed by atoms with van der Waals surface area (Å²) in [5.41, 5.74) is 2.20. The van der Waals surface area contributed by atoms with Gasteiger partial charge in [-0.3, -0.25) is 0 Å². The van der Waals surface area contributed by atoms with Gasteiger partial charge in [0.15, 0.2) is 0 Å². The zero-order chi connectivity index (χ0) is 15.3. The van der Waals surface area contributed by atoms with Crippen molar-refractivity contribution in [1.29, 1.82) is 0 Å². The third-order valence-corrected chi connectivity index (χ3v) is 6.64. The Morgan fingerprint density at radius 1 is 0.909 bits per heavy atom. The summed E-state index contributed by atoms with van der Waals surface area (Å²) in [5, 5.41) is 0. The summed E-state index contributed by atoms with van der Waals surface area (Å²) >= 11 is 0. The van der Waals surface area contributed by atoms with Gasteiger partial charge in [-0.2, -0.15) is 0 Å². The predicted molar refractivity (Wildman–Crippen MR) is 96.9 cm³/mol. The first kappa shape index (κ1) is 16.3. The topological polar surface area (TPSA) is 0 Å². The van der Waals surface area contributed by atoms with Crippen molar-refractivity contribution in [1.82, 2.24) is 0 Å². The number of allylic oxidation sites excluding steroid dienone is 4. The van der Waals surface area contributed by atoms with Crippen molar-refractivity contribution in [3.8, 4) is 0 Å². The minimum Gasteiger partial charge on any atom is -0.0805 e. The van der Waals surface area contributed by atoms with Crippen molar-refractivity contribution in [2.24, 2.45) is 17.3 Å². The molecule has 0 N–H and O–H groups in total. The normalized spacial score (nSPS) is 37.8. The maximum Gasteiger partial charge on any atom is -0.00776 e. The van der Waals surface area contributed by atoms with Gasteiger partial charge >= 0.3 is 0 Å². The van der Waals surface area contributed by atoms with Crippen molar-refractivity contribution in [2.75, 3.05) is 0 Å². The Bertz CT molecular complexity index is 402. The fourth-order valence-corrected chi connectivity index (χ4v) is 5.05. The van der Waals surface area contributed by atoms with Crippen LogP contribution >= 0.6 is 0 Å². The van der Waals surface area contributed by atoms with E-state index in [1.807, 2.05) is 0 Å². The molecule has 3 atom stereocenters. The average molecular weight is 301 g/mol. The molecule has 0 amide bonds. The number of hydrogen-bond donors (Lipinski definition) is 0. The molecule has 1 spiro atoms. The van der Waals surface area contributed by atoms with Gasteiger partial charge in [-0.15, -0.1) is 0 Å². The Balaban J connectivity index is 1.58. The van der Waals surface area contributed by atoms with Crippen LogP contribution in [0.5, 0.6) is 0 Å². The molecule has 3 bridgehead atoms. The third-order valence-electron chi connectivity index (χ3n) is 6.64. The molecule has 0 heterocycles. The van der Waals surface area contributed by atoms with Crippen molar-refractivity contribution < 1.29 is 0 Å². The zero-order valence-corrected chi connectivity index (χ0v) is 14.8. The van der Waals surface area contributed by atoms with E-state index in [2.05, 4.69) is 25.2 Å². The van der Waals surface area contributed by atoms with Crippen molar-refractivity contribution in [3.63, 3.8) is 0 Å². The van der Waals surface area contributed by atoms with E-state index >= 15 is 0 Å². The summed E-state index contributed by atoms with van der Waals surface area (Å²) in [6.45, 7) is 2.47. The summed E-state index contributed by atoms with van der Waals surface area (Å²) in [7, 11) is 0. The molecule has 124 valence electrons. The molecule has 4 aliphatic carbocycles. The Kier molecular flexibility index (Phi) is 5.83. The monoisotopic (exact) mass is 300 g/mol. The number of hydrogen-bond acceptors (Lipinski definition) is 0. The molecular formula is C22H36. The molecule has 0 aromatic rings. The molecule has 0 aromatic carbocycles. The molecule has 2 unspecified atom stereocenters. The Morgan fingerprint density at radius 3 is 2.50 bits per heavy atom. The van der Waals surface area contributed by atoms with Gasteiger partial charge < -0.3 is 0 Å². The Morgan fingerprint density at radius 2 is 1.68 bits per heavy atom. The molecule has 0 saturated heterocycles. The smallest absolute Gasteiger partial charge is 0.00776 e. The minimum atomic E-state index is 0.565. The predicted octanol–water partition coefficient (Wildman–Crippen LogP) is 7.21. The molecule has 4 rings (SSSR count). The lowest BCUT2D eigenvalue weighted by atomic mass is 9.77. The van der Waals surface area contributed by atoms with Crippen LogP contribution in [0.15, 0.2) is 23.8 Å². The highest BCUT2D eigenvalue weighted by Crippen LogP contribution is 2.49. The first-order valence-electron chi connectivity index (χ1n) is 10.1. The van der Waals surface area contributed by atoms with Crippen molar-refractivity contribution in [2.45, 2.75) is 96.8 Å². The van der Waals surface area contributed by atoms with E-state index in [4.69, 9.17) is 0 Å². The van der Waals surface area contributed by atoms with E-state index in [1.54, 1.807) is 5.57 Å². The van der Waals surface area contributed by atoms with Gasteiger partial charge in [0.05, 0.1) is 0 Å². The van der Waals surface area contributed by atoms with Crippen LogP contribution in [-0.2, 0) is 0 Å². The number of fused-ring (bicyclic) bond motifs is 11. The molecule has 4 aliphatic rings. The van der Waals surface area contributed by atoms with Gasteiger partial charge in [-0.25, -0.2) is 0 Å². The summed E-state index contributed by atoms with van der Waals surface area (Å²) < 4.78 is 0. The lowest BCUT2D eigenvalue weighted by molar-refractivity contribution is 0.361. The van der Waals surface area contributed by atoms with Crippen LogP contribution in [0.4, 0.5) is 0 Å². The Hall–Kier alpha value is -0.520. The second-order valence-electron chi connectivity index (χ2n) is 8.63. The molecular weight excluding hydrogens is 264 g/mol. The first-order chi connectivity index (χ1) is 10.8. The number of rotatable bonds is 0. The van der Waals surface area contributed by atoms with Gasteiger partial charge in [0, 0.05) is 0 Å². The first-order valence-corrected chi connectivity index (χ1v) is 10.1. The van der Waals surface area contributed by atoms with Crippen LogP contribution in [0.25, 0.3) is 0 Å².